The van der Waals surface area contributed by atoms with Crippen molar-refractivity contribution < 1.29 is 19.0 Å². The molecule has 138 valence electrons. The van der Waals surface area contributed by atoms with Gasteiger partial charge in [-0.1, -0.05) is 43.3 Å². The molecule has 0 bridgehead atoms. The predicted molar refractivity (Wildman–Crippen MR) is 94.7 cm³/mol. The van der Waals surface area contributed by atoms with Gasteiger partial charge in [0.2, 0.25) is 5.72 Å². The lowest BCUT2D eigenvalue weighted by molar-refractivity contribution is -0.246. The van der Waals surface area contributed by atoms with Crippen LogP contribution in [0.5, 0.6) is 0 Å². The van der Waals surface area contributed by atoms with Crippen LogP contribution in [0.25, 0.3) is 6.08 Å². The Hall–Kier alpha value is -2.51. The lowest BCUT2D eigenvalue weighted by Crippen LogP contribution is -2.57. The second kappa shape index (κ2) is 7.80. The van der Waals surface area contributed by atoms with E-state index in [1.165, 1.54) is 12.7 Å². The molecule has 0 spiro atoms. The number of carbonyl (C=O) groups excluding carboxylic acids is 1. The van der Waals surface area contributed by atoms with Gasteiger partial charge in [-0.05, 0) is 18.6 Å². The van der Waals surface area contributed by atoms with E-state index in [4.69, 9.17) is 14.2 Å². The first-order chi connectivity index (χ1) is 12.6. The van der Waals surface area contributed by atoms with Crippen LogP contribution in [0.1, 0.15) is 25.8 Å². The van der Waals surface area contributed by atoms with E-state index in [0.717, 1.165) is 5.56 Å². The van der Waals surface area contributed by atoms with Gasteiger partial charge in [-0.3, -0.25) is 4.79 Å². The number of hydrogen-bond donors (Lipinski definition) is 0. The topological polar surface area (TPSA) is 75.5 Å². The van der Waals surface area contributed by atoms with E-state index in [2.05, 4.69) is 10.1 Å². The molecule has 1 saturated heterocycles. The van der Waals surface area contributed by atoms with Crippen molar-refractivity contribution in [1.82, 2.24) is 14.8 Å². The molecule has 7 heteroatoms. The first-order valence-corrected chi connectivity index (χ1v) is 8.56. The highest BCUT2D eigenvalue weighted by molar-refractivity contribution is 5.70. The van der Waals surface area contributed by atoms with Crippen LogP contribution < -0.4 is 0 Å². The molecule has 3 rings (SSSR count). The molecule has 0 radical (unpaired) electrons. The van der Waals surface area contributed by atoms with Gasteiger partial charge in [0.15, 0.2) is 0 Å². The quantitative estimate of drug-likeness (QED) is 0.740. The number of carbonyl (C=O) groups is 1. The Labute approximate surface area is 152 Å². The number of hydrogen-bond acceptors (Lipinski definition) is 6. The number of esters is 1. The third-order valence-electron chi connectivity index (χ3n) is 4.49. The van der Waals surface area contributed by atoms with Crippen LogP contribution >= 0.6 is 0 Å². The molecular formula is C19H23N3O4. The molecule has 0 saturated carbocycles. The summed E-state index contributed by atoms with van der Waals surface area (Å²) >= 11 is 0. The molecule has 1 aliphatic heterocycles. The summed E-state index contributed by atoms with van der Waals surface area (Å²) in [6, 6.07) is 9.79. The molecule has 0 amide bonds. The molecule has 1 aliphatic rings. The van der Waals surface area contributed by atoms with Gasteiger partial charge in [0.05, 0.1) is 18.6 Å². The fraction of sp³-hybridized carbons (Fsp3) is 0.421. The van der Waals surface area contributed by atoms with Crippen LogP contribution in [0, 0.1) is 5.41 Å². The highest BCUT2D eigenvalue weighted by Crippen LogP contribution is 2.43. The van der Waals surface area contributed by atoms with Crippen LogP contribution in [0.4, 0.5) is 0 Å². The van der Waals surface area contributed by atoms with E-state index in [-0.39, 0.29) is 19.2 Å². The monoisotopic (exact) mass is 357 g/mol. The van der Waals surface area contributed by atoms with Gasteiger partial charge in [0.1, 0.15) is 19.4 Å². The molecular weight excluding hydrogens is 334 g/mol. The first kappa shape index (κ1) is 18.3. The summed E-state index contributed by atoms with van der Waals surface area (Å²) in [5.74, 6) is -0.343. The van der Waals surface area contributed by atoms with Gasteiger partial charge in [-0.2, -0.15) is 5.10 Å². The summed E-state index contributed by atoms with van der Waals surface area (Å²) in [6.07, 6.45) is 6.94. The van der Waals surface area contributed by atoms with E-state index in [0.29, 0.717) is 13.2 Å². The zero-order chi connectivity index (χ0) is 18.5. The standard InChI is InChI=1S/C19H23N3O4/c1-3-17(23)26-19(22-14-20-13-21-22,18(2)11-24-15-25-12-18)10-9-16-7-5-4-6-8-16/h4-10,13-14H,3,11-12,15H2,1-2H3. The Morgan fingerprint density at radius 1 is 1.35 bits per heavy atom. The summed E-state index contributed by atoms with van der Waals surface area (Å²) in [5, 5.41) is 4.27. The van der Waals surface area contributed by atoms with Gasteiger partial charge in [0, 0.05) is 6.42 Å². The van der Waals surface area contributed by atoms with Crippen molar-refractivity contribution in [2.45, 2.75) is 26.0 Å². The smallest absolute Gasteiger partial charge is 0.307 e. The van der Waals surface area contributed by atoms with Crippen LogP contribution in [0.15, 0.2) is 49.1 Å². The molecule has 1 aromatic carbocycles. The van der Waals surface area contributed by atoms with E-state index in [1.54, 1.807) is 11.6 Å². The molecule has 1 aromatic heterocycles. The number of nitrogens with zero attached hydrogens (tertiary/aromatic N) is 3. The summed E-state index contributed by atoms with van der Waals surface area (Å²) in [5.41, 5.74) is -0.937. The second-order valence-corrected chi connectivity index (χ2v) is 6.48. The Morgan fingerprint density at radius 2 is 2.08 bits per heavy atom. The summed E-state index contributed by atoms with van der Waals surface area (Å²) in [6.45, 7) is 4.62. The predicted octanol–water partition coefficient (Wildman–Crippen LogP) is 2.61. The Bertz CT molecular complexity index is 739. The zero-order valence-electron chi connectivity index (χ0n) is 15.0. The third kappa shape index (κ3) is 3.54. The Balaban J connectivity index is 2.11. The van der Waals surface area contributed by atoms with Gasteiger partial charge >= 0.3 is 5.97 Å². The second-order valence-electron chi connectivity index (χ2n) is 6.48. The van der Waals surface area contributed by atoms with Gasteiger partial charge in [-0.25, -0.2) is 9.67 Å². The molecule has 2 heterocycles. The fourth-order valence-electron chi connectivity index (χ4n) is 3.00. The van der Waals surface area contributed by atoms with Crippen LogP contribution in [-0.4, -0.2) is 40.7 Å². The van der Waals surface area contributed by atoms with Crippen molar-refractivity contribution in [3.05, 3.63) is 54.6 Å². The van der Waals surface area contributed by atoms with Crippen molar-refractivity contribution in [2.75, 3.05) is 20.0 Å². The number of ether oxygens (including phenoxy) is 3. The largest absolute Gasteiger partial charge is 0.432 e. The third-order valence-corrected chi connectivity index (χ3v) is 4.49. The highest BCUT2D eigenvalue weighted by Gasteiger charge is 2.54. The van der Waals surface area contributed by atoms with E-state index in [9.17, 15) is 4.79 Å². The van der Waals surface area contributed by atoms with Crippen molar-refractivity contribution in [2.24, 2.45) is 5.41 Å². The van der Waals surface area contributed by atoms with E-state index in [1.807, 2.05) is 49.4 Å². The van der Waals surface area contributed by atoms with E-state index >= 15 is 0 Å². The van der Waals surface area contributed by atoms with Crippen LogP contribution in [-0.2, 0) is 24.7 Å². The summed E-state index contributed by atoms with van der Waals surface area (Å²) < 4.78 is 18.6. The molecule has 1 atom stereocenters. The first-order valence-electron chi connectivity index (χ1n) is 8.56. The molecule has 0 aliphatic carbocycles. The van der Waals surface area contributed by atoms with Crippen LogP contribution in [0.2, 0.25) is 0 Å². The lowest BCUT2D eigenvalue weighted by Gasteiger charge is -2.46. The summed E-state index contributed by atoms with van der Waals surface area (Å²) in [7, 11) is 0. The number of benzene rings is 1. The van der Waals surface area contributed by atoms with Crippen LogP contribution in [0.3, 0.4) is 0 Å². The number of aromatic nitrogens is 3. The average molecular weight is 357 g/mol. The van der Waals surface area contributed by atoms with Crippen molar-refractivity contribution in [3.8, 4) is 0 Å². The van der Waals surface area contributed by atoms with Gasteiger partial charge in [-0.15, -0.1) is 0 Å². The average Bonchev–Trinajstić information content (AvgIpc) is 3.21. The SMILES string of the molecule is CCC(=O)OC(C=Cc1ccccc1)(n1cncn1)C1(C)COCOC1. The van der Waals surface area contributed by atoms with Gasteiger partial charge in [0.25, 0.3) is 0 Å². The minimum Gasteiger partial charge on any atom is -0.432 e. The molecule has 7 nitrogen and oxygen atoms in total. The van der Waals surface area contributed by atoms with Crippen molar-refractivity contribution in [3.63, 3.8) is 0 Å². The maximum atomic E-state index is 12.3. The van der Waals surface area contributed by atoms with E-state index < -0.39 is 11.1 Å². The lowest BCUT2D eigenvalue weighted by atomic mass is 9.79. The molecule has 0 N–H and O–H groups in total. The maximum Gasteiger partial charge on any atom is 0.307 e. The highest BCUT2D eigenvalue weighted by atomic mass is 16.7. The fourth-order valence-corrected chi connectivity index (χ4v) is 3.00. The Kier molecular flexibility index (Phi) is 5.49. The van der Waals surface area contributed by atoms with Gasteiger partial charge < -0.3 is 14.2 Å². The maximum absolute atomic E-state index is 12.3. The van der Waals surface area contributed by atoms with Crippen molar-refractivity contribution in [1.29, 1.82) is 0 Å². The normalized spacial score (nSPS) is 19.2. The number of rotatable bonds is 6. The molecule has 1 fully saturated rings. The molecule has 1 unspecified atom stereocenters. The Morgan fingerprint density at radius 3 is 2.69 bits per heavy atom. The van der Waals surface area contributed by atoms with Crippen molar-refractivity contribution >= 4 is 12.0 Å². The summed E-state index contributed by atoms with van der Waals surface area (Å²) in [4.78, 5) is 16.4. The molecule has 26 heavy (non-hydrogen) atoms. The minimum absolute atomic E-state index is 0.215. The molecule has 2 aromatic rings. The minimum atomic E-state index is -1.23. The zero-order valence-corrected chi connectivity index (χ0v) is 15.0.